The predicted octanol–water partition coefficient (Wildman–Crippen LogP) is 2.60. The van der Waals surface area contributed by atoms with Crippen molar-refractivity contribution in [2.75, 3.05) is 56.2 Å². The van der Waals surface area contributed by atoms with Crippen molar-refractivity contribution in [1.82, 2.24) is 19.9 Å². The fourth-order valence-electron chi connectivity index (χ4n) is 4.64. The molecule has 0 saturated carbocycles. The van der Waals surface area contributed by atoms with Crippen molar-refractivity contribution in [1.29, 1.82) is 0 Å². The van der Waals surface area contributed by atoms with Crippen LogP contribution in [0.5, 0.6) is 5.75 Å². The number of carbonyl (C=O) groups excluding carboxylic acids is 1. The molecule has 1 amide bonds. The predicted molar refractivity (Wildman–Crippen MR) is 124 cm³/mol. The normalized spacial score (nSPS) is 17.6. The van der Waals surface area contributed by atoms with E-state index in [1.54, 1.807) is 19.5 Å². The van der Waals surface area contributed by atoms with E-state index in [0.717, 1.165) is 69.1 Å². The average Bonchev–Trinajstić information content (AvgIpc) is 2.88. The van der Waals surface area contributed by atoms with E-state index in [4.69, 9.17) is 4.74 Å². The molecule has 2 fully saturated rings. The van der Waals surface area contributed by atoms with Gasteiger partial charge >= 0.3 is 0 Å². The zero-order valence-electron chi connectivity index (χ0n) is 18.4. The molecular weight excluding hydrogens is 404 g/mol. The van der Waals surface area contributed by atoms with Gasteiger partial charge in [0.15, 0.2) is 5.65 Å². The molecule has 0 aliphatic carbocycles. The molecule has 0 spiro atoms. The Kier molecular flexibility index (Phi) is 5.75. The number of hydrogen-bond donors (Lipinski definition) is 0. The topological polar surface area (TPSA) is 74.7 Å². The summed E-state index contributed by atoms with van der Waals surface area (Å²) in [5, 5.41) is 0. The summed E-state index contributed by atoms with van der Waals surface area (Å²) >= 11 is 0. The molecule has 2 aromatic heterocycles. The van der Waals surface area contributed by atoms with E-state index in [1.807, 2.05) is 29.3 Å². The van der Waals surface area contributed by atoms with Crippen LogP contribution in [0.4, 0.5) is 11.4 Å². The number of piperazine rings is 1. The lowest BCUT2D eigenvalue weighted by Crippen LogP contribution is -2.51. The van der Waals surface area contributed by atoms with Crippen LogP contribution >= 0.6 is 0 Å². The third-order valence-electron chi connectivity index (χ3n) is 6.55. The quantitative estimate of drug-likeness (QED) is 0.627. The number of benzene rings is 1. The van der Waals surface area contributed by atoms with E-state index in [0.29, 0.717) is 11.6 Å². The Labute approximate surface area is 187 Å². The van der Waals surface area contributed by atoms with Crippen LogP contribution in [0.15, 0.2) is 48.9 Å². The van der Waals surface area contributed by atoms with Crippen LogP contribution in [0.3, 0.4) is 0 Å². The van der Waals surface area contributed by atoms with E-state index < -0.39 is 0 Å². The maximum Gasteiger partial charge on any atom is 0.225 e. The highest BCUT2D eigenvalue weighted by Gasteiger charge is 2.30. The number of piperidine rings is 1. The first kappa shape index (κ1) is 20.5. The summed E-state index contributed by atoms with van der Waals surface area (Å²) in [7, 11) is 1.68. The van der Waals surface area contributed by atoms with Gasteiger partial charge in [0.05, 0.1) is 19.0 Å². The van der Waals surface area contributed by atoms with Gasteiger partial charge in [-0.1, -0.05) is 0 Å². The smallest absolute Gasteiger partial charge is 0.225 e. The summed E-state index contributed by atoms with van der Waals surface area (Å²) < 4.78 is 5.24. The number of carbonyl (C=O) groups is 1. The third-order valence-corrected chi connectivity index (χ3v) is 6.55. The van der Waals surface area contributed by atoms with Crippen LogP contribution in [0, 0.1) is 5.92 Å². The van der Waals surface area contributed by atoms with Gasteiger partial charge in [-0.15, -0.1) is 0 Å². The largest absolute Gasteiger partial charge is 0.497 e. The standard InChI is InChI=1S/C24H28N6O2/c1-32-21-4-2-19(3-5-21)29-12-14-30(15-13-29)24(31)18-6-10-28(11-7-18)20-16-22-23(27-17-20)26-9-8-25-22/h2-5,8-9,16-18H,6-7,10-15H2,1H3. The van der Waals surface area contributed by atoms with Crippen molar-refractivity contribution in [3.63, 3.8) is 0 Å². The van der Waals surface area contributed by atoms with Gasteiger partial charge in [-0.2, -0.15) is 0 Å². The second-order valence-electron chi connectivity index (χ2n) is 8.36. The van der Waals surface area contributed by atoms with Crippen LogP contribution in [0.25, 0.3) is 11.2 Å². The van der Waals surface area contributed by atoms with Gasteiger partial charge in [-0.3, -0.25) is 9.78 Å². The van der Waals surface area contributed by atoms with Gasteiger partial charge < -0.3 is 19.4 Å². The number of fused-ring (bicyclic) bond motifs is 1. The van der Waals surface area contributed by atoms with Gasteiger partial charge in [-0.05, 0) is 43.2 Å². The summed E-state index contributed by atoms with van der Waals surface area (Å²) in [4.78, 5) is 32.8. The van der Waals surface area contributed by atoms with Crippen LogP contribution in [-0.4, -0.2) is 72.1 Å². The Morgan fingerprint density at radius 3 is 2.28 bits per heavy atom. The van der Waals surface area contributed by atoms with Crippen molar-refractivity contribution in [3.8, 4) is 5.75 Å². The van der Waals surface area contributed by atoms with Crippen molar-refractivity contribution < 1.29 is 9.53 Å². The first-order valence-corrected chi connectivity index (χ1v) is 11.2. The van der Waals surface area contributed by atoms with Gasteiger partial charge in [-0.25, -0.2) is 9.97 Å². The Bertz CT molecular complexity index is 1070. The second-order valence-corrected chi connectivity index (χ2v) is 8.36. The van der Waals surface area contributed by atoms with Crippen molar-refractivity contribution in [2.24, 2.45) is 5.92 Å². The molecule has 0 radical (unpaired) electrons. The zero-order valence-corrected chi connectivity index (χ0v) is 18.4. The minimum atomic E-state index is 0.104. The van der Waals surface area contributed by atoms with Crippen LogP contribution in [0.2, 0.25) is 0 Å². The summed E-state index contributed by atoms with van der Waals surface area (Å²) in [5.74, 6) is 1.27. The number of rotatable bonds is 4. The van der Waals surface area contributed by atoms with Crippen LogP contribution < -0.4 is 14.5 Å². The van der Waals surface area contributed by atoms with Gasteiger partial charge in [0.25, 0.3) is 0 Å². The number of pyridine rings is 1. The minimum absolute atomic E-state index is 0.104. The lowest BCUT2D eigenvalue weighted by Gasteiger charge is -2.39. The van der Waals surface area contributed by atoms with E-state index in [2.05, 4.69) is 36.9 Å². The summed E-state index contributed by atoms with van der Waals surface area (Å²) in [5.41, 5.74) is 3.70. The molecule has 1 aromatic carbocycles. The van der Waals surface area contributed by atoms with E-state index in [1.165, 1.54) is 5.69 Å². The number of ether oxygens (including phenoxy) is 1. The number of methoxy groups -OCH3 is 1. The van der Waals surface area contributed by atoms with Crippen LogP contribution in [0.1, 0.15) is 12.8 Å². The fraction of sp³-hybridized carbons (Fsp3) is 0.417. The number of amides is 1. The molecule has 5 rings (SSSR count). The van der Waals surface area contributed by atoms with Crippen molar-refractivity contribution in [3.05, 3.63) is 48.9 Å². The van der Waals surface area contributed by atoms with E-state index in [9.17, 15) is 4.79 Å². The molecule has 3 aromatic rings. The number of anilines is 2. The summed E-state index contributed by atoms with van der Waals surface area (Å²) in [6.45, 7) is 4.99. The number of hydrogen-bond acceptors (Lipinski definition) is 7. The molecule has 2 aliphatic heterocycles. The molecule has 2 aliphatic rings. The van der Waals surface area contributed by atoms with Crippen LogP contribution in [-0.2, 0) is 4.79 Å². The molecule has 8 heteroatoms. The summed E-state index contributed by atoms with van der Waals surface area (Å²) in [6.07, 6.45) is 6.94. The lowest BCUT2D eigenvalue weighted by molar-refractivity contribution is -0.136. The molecular formula is C24H28N6O2. The van der Waals surface area contributed by atoms with Crippen molar-refractivity contribution in [2.45, 2.75) is 12.8 Å². The number of nitrogens with zero attached hydrogens (tertiary/aromatic N) is 6. The molecule has 0 unspecified atom stereocenters. The van der Waals surface area contributed by atoms with E-state index in [-0.39, 0.29) is 5.92 Å². The second kappa shape index (κ2) is 8.98. The average molecular weight is 433 g/mol. The zero-order chi connectivity index (χ0) is 21.9. The van der Waals surface area contributed by atoms with Gasteiger partial charge in [0.2, 0.25) is 5.91 Å². The molecule has 0 N–H and O–H groups in total. The monoisotopic (exact) mass is 432 g/mol. The molecule has 0 atom stereocenters. The third kappa shape index (κ3) is 4.17. The molecule has 166 valence electrons. The highest BCUT2D eigenvalue weighted by Crippen LogP contribution is 2.27. The Balaban J connectivity index is 1.14. The highest BCUT2D eigenvalue weighted by atomic mass is 16.5. The Morgan fingerprint density at radius 2 is 1.56 bits per heavy atom. The Hall–Kier alpha value is -3.42. The molecule has 4 heterocycles. The maximum absolute atomic E-state index is 13.1. The van der Waals surface area contributed by atoms with E-state index >= 15 is 0 Å². The maximum atomic E-state index is 13.1. The molecule has 0 bridgehead atoms. The Morgan fingerprint density at radius 1 is 0.875 bits per heavy atom. The SMILES string of the molecule is COc1ccc(N2CCN(C(=O)C3CCN(c4cnc5nccnc5c4)CC3)CC2)cc1. The first-order valence-electron chi connectivity index (χ1n) is 11.2. The lowest BCUT2D eigenvalue weighted by atomic mass is 9.94. The van der Waals surface area contributed by atoms with Crippen molar-refractivity contribution >= 4 is 28.4 Å². The van der Waals surface area contributed by atoms with Gasteiger partial charge in [0.1, 0.15) is 11.3 Å². The first-order chi connectivity index (χ1) is 15.7. The summed E-state index contributed by atoms with van der Waals surface area (Å²) in [6, 6.07) is 10.2. The number of aromatic nitrogens is 3. The van der Waals surface area contributed by atoms with Gasteiger partial charge in [0, 0.05) is 63.3 Å². The fourth-order valence-corrected chi connectivity index (χ4v) is 4.64. The molecule has 8 nitrogen and oxygen atoms in total. The molecule has 2 saturated heterocycles. The minimum Gasteiger partial charge on any atom is -0.497 e. The highest BCUT2D eigenvalue weighted by molar-refractivity contribution is 5.80. The molecule has 32 heavy (non-hydrogen) atoms.